The molecule has 2 bridgehead atoms. The second kappa shape index (κ2) is 1.85. The van der Waals surface area contributed by atoms with Gasteiger partial charge in [-0.3, -0.25) is 0 Å². The highest BCUT2D eigenvalue weighted by Gasteiger charge is 2.19. The number of fused-ring (bicyclic) bond motifs is 2. The molecule has 0 spiro atoms. The van der Waals surface area contributed by atoms with Crippen molar-refractivity contribution in [1.82, 2.24) is 0 Å². The van der Waals surface area contributed by atoms with Gasteiger partial charge in [-0.15, -0.1) is 0 Å². The van der Waals surface area contributed by atoms with Crippen molar-refractivity contribution in [2.24, 2.45) is 5.73 Å². The summed E-state index contributed by atoms with van der Waals surface area (Å²) in [6.45, 7) is 0. The van der Waals surface area contributed by atoms with Crippen molar-refractivity contribution < 1.29 is 0 Å². The predicted molar refractivity (Wildman–Crippen MR) is 40.0 cm³/mol. The Hall–Kier alpha value is -0.820. The minimum atomic E-state index is 0. The van der Waals surface area contributed by atoms with Crippen LogP contribution < -0.4 is 5.73 Å². The number of hydrogen-bond acceptors (Lipinski definition) is 1. The first kappa shape index (κ1) is 6.30. The summed E-state index contributed by atoms with van der Waals surface area (Å²) in [5.41, 5.74) is 8.19. The number of rotatable bonds is 0. The van der Waals surface area contributed by atoms with Crippen molar-refractivity contribution >= 4 is 0 Å². The molecule has 0 fully saturated rings. The summed E-state index contributed by atoms with van der Waals surface area (Å²) in [6.07, 6.45) is 8.28. The van der Waals surface area contributed by atoms with Gasteiger partial charge in [-0.1, -0.05) is 31.7 Å². The molecule has 0 aromatic carbocycles. The first-order valence-electron chi connectivity index (χ1n) is 2.73. The van der Waals surface area contributed by atoms with Gasteiger partial charge in [-0.2, -0.15) is 0 Å². The Kier molecular flexibility index (Phi) is 1.29. The van der Waals surface area contributed by atoms with Crippen LogP contribution in [0.1, 0.15) is 7.43 Å². The minimum Gasteiger partial charge on any atom is -0.320 e. The summed E-state index contributed by atoms with van der Waals surface area (Å²) in [7, 11) is 0. The van der Waals surface area contributed by atoms with Crippen LogP contribution >= 0.6 is 0 Å². The number of hydrogen-bond donors (Lipinski definition) is 1. The van der Waals surface area contributed by atoms with Crippen LogP contribution in [0.15, 0.2) is 35.5 Å². The van der Waals surface area contributed by atoms with Crippen LogP contribution in [0, 0.1) is 0 Å². The topological polar surface area (TPSA) is 26.0 Å². The molecule has 0 aromatic rings. The molecule has 0 radical (unpaired) electrons. The van der Waals surface area contributed by atoms with Crippen molar-refractivity contribution in [3.8, 4) is 0 Å². The molecule has 2 aliphatic rings. The lowest BCUT2D eigenvalue weighted by atomic mass is 10.2. The third-order valence-corrected chi connectivity index (χ3v) is 1.65. The van der Waals surface area contributed by atoms with E-state index < -0.39 is 0 Å². The van der Waals surface area contributed by atoms with Gasteiger partial charge in [0.15, 0.2) is 0 Å². The average molecular weight is 121 g/mol. The molecule has 0 atom stereocenters. The Morgan fingerprint density at radius 2 is 1.56 bits per heavy atom. The molecule has 0 aromatic heterocycles. The molecule has 2 N–H and O–H groups in total. The fraction of sp³-hybridized carbons (Fsp3) is 0.250. The highest BCUT2D eigenvalue weighted by atomic mass is 14.7. The maximum Gasteiger partial charge on any atom is 0.0551 e. The molecule has 9 heavy (non-hydrogen) atoms. The Bertz CT molecular complexity index is 187. The Morgan fingerprint density at radius 3 is 1.67 bits per heavy atom. The van der Waals surface area contributed by atoms with Gasteiger partial charge < -0.3 is 5.73 Å². The van der Waals surface area contributed by atoms with Crippen molar-refractivity contribution in [3.63, 3.8) is 0 Å². The molecule has 0 amide bonds. The van der Waals surface area contributed by atoms with Gasteiger partial charge in [0, 0.05) is 0 Å². The molecule has 48 valence electrons. The van der Waals surface area contributed by atoms with Crippen molar-refractivity contribution in [2.75, 3.05) is 0 Å². The van der Waals surface area contributed by atoms with E-state index in [4.69, 9.17) is 5.73 Å². The molecule has 1 nitrogen and oxygen atoms in total. The van der Waals surface area contributed by atoms with Gasteiger partial charge in [0.1, 0.15) is 0 Å². The molecule has 0 heterocycles. The molecular formula is C8H11N. The molecule has 0 saturated carbocycles. The Balaban J connectivity index is 0.000000405. The van der Waals surface area contributed by atoms with Gasteiger partial charge >= 0.3 is 0 Å². The van der Waals surface area contributed by atoms with Crippen LogP contribution in [0.25, 0.3) is 0 Å². The summed E-state index contributed by atoms with van der Waals surface area (Å²) in [5.74, 6) is 0. The van der Waals surface area contributed by atoms with E-state index >= 15 is 0 Å². The Labute approximate surface area is 55.6 Å². The third kappa shape index (κ3) is 0.653. The molecule has 0 saturated heterocycles. The largest absolute Gasteiger partial charge is 0.320 e. The second-order valence-corrected chi connectivity index (χ2v) is 2.14. The zero-order chi connectivity index (χ0) is 5.56. The molecule has 0 aliphatic heterocycles. The van der Waals surface area contributed by atoms with E-state index in [-0.39, 0.29) is 13.5 Å². The number of allylic oxidation sites excluding steroid dienone is 2. The second-order valence-electron chi connectivity index (χ2n) is 2.14. The van der Waals surface area contributed by atoms with Crippen molar-refractivity contribution in [3.05, 3.63) is 35.5 Å². The first-order chi connectivity index (χ1) is 3.88. The van der Waals surface area contributed by atoms with Crippen molar-refractivity contribution in [1.29, 1.82) is 0 Å². The summed E-state index contributed by atoms with van der Waals surface area (Å²) in [4.78, 5) is 0. The van der Waals surface area contributed by atoms with Gasteiger partial charge in [0.2, 0.25) is 0 Å². The van der Waals surface area contributed by atoms with Gasteiger partial charge in [0.05, 0.1) is 6.04 Å². The zero-order valence-corrected chi connectivity index (χ0v) is 4.46. The van der Waals surface area contributed by atoms with Gasteiger partial charge in [-0.25, -0.2) is 0 Å². The van der Waals surface area contributed by atoms with Crippen LogP contribution in [0.3, 0.4) is 0 Å². The van der Waals surface area contributed by atoms with Crippen LogP contribution in [0.4, 0.5) is 0 Å². The van der Waals surface area contributed by atoms with Crippen molar-refractivity contribution in [2.45, 2.75) is 13.5 Å². The van der Waals surface area contributed by atoms with Crippen LogP contribution in [-0.4, -0.2) is 6.04 Å². The Morgan fingerprint density at radius 1 is 1.11 bits per heavy atom. The van der Waals surface area contributed by atoms with E-state index in [0.29, 0.717) is 0 Å². The summed E-state index contributed by atoms with van der Waals surface area (Å²) >= 11 is 0. The van der Waals surface area contributed by atoms with E-state index in [1.54, 1.807) is 0 Å². The summed E-state index contributed by atoms with van der Waals surface area (Å²) in [5, 5.41) is 0. The van der Waals surface area contributed by atoms with Crippen LogP contribution in [0.2, 0.25) is 0 Å². The lowest BCUT2D eigenvalue weighted by Crippen LogP contribution is -2.16. The fourth-order valence-corrected chi connectivity index (χ4v) is 1.10. The SMILES string of the molecule is C.NC1C2=CC=C1C=C2. The first-order valence-corrected chi connectivity index (χ1v) is 2.73. The molecule has 1 heteroatoms. The summed E-state index contributed by atoms with van der Waals surface area (Å²) < 4.78 is 0. The molecule has 2 aliphatic carbocycles. The maximum atomic E-state index is 5.69. The monoisotopic (exact) mass is 121 g/mol. The van der Waals surface area contributed by atoms with E-state index in [1.807, 2.05) is 0 Å². The number of nitrogens with two attached hydrogens (primary N) is 1. The highest BCUT2D eigenvalue weighted by Crippen LogP contribution is 2.26. The van der Waals surface area contributed by atoms with Gasteiger partial charge in [-0.05, 0) is 11.1 Å². The van der Waals surface area contributed by atoms with E-state index in [2.05, 4.69) is 24.3 Å². The highest BCUT2D eigenvalue weighted by molar-refractivity contribution is 5.55. The predicted octanol–water partition coefficient (Wildman–Crippen LogP) is 1.39. The lowest BCUT2D eigenvalue weighted by molar-refractivity contribution is 0.986. The van der Waals surface area contributed by atoms with Gasteiger partial charge in [0.25, 0.3) is 0 Å². The average Bonchev–Trinajstić information content (AvgIpc) is 2.29. The zero-order valence-electron chi connectivity index (χ0n) is 4.46. The standard InChI is InChI=1S/C7H7N.CH4/c8-7-5-1-2-6(7)4-3-5;/h1-4,7H,8H2;1H4. The third-order valence-electron chi connectivity index (χ3n) is 1.65. The van der Waals surface area contributed by atoms with E-state index in [9.17, 15) is 0 Å². The van der Waals surface area contributed by atoms with E-state index in [0.717, 1.165) is 0 Å². The van der Waals surface area contributed by atoms with Crippen LogP contribution in [0.5, 0.6) is 0 Å². The quantitative estimate of drug-likeness (QED) is 0.515. The summed E-state index contributed by atoms with van der Waals surface area (Å²) in [6, 6.07) is 0.204. The maximum absolute atomic E-state index is 5.69. The molecular weight excluding hydrogens is 110 g/mol. The van der Waals surface area contributed by atoms with Crippen LogP contribution in [-0.2, 0) is 0 Å². The lowest BCUT2D eigenvalue weighted by Gasteiger charge is -1.98. The molecule has 2 rings (SSSR count). The minimum absolute atomic E-state index is 0. The fourth-order valence-electron chi connectivity index (χ4n) is 1.10. The smallest absolute Gasteiger partial charge is 0.0551 e. The normalized spacial score (nSPS) is 21.4. The van der Waals surface area contributed by atoms with E-state index in [1.165, 1.54) is 11.1 Å². The molecule has 0 unspecified atom stereocenters.